The number of nitrogens with zero attached hydrogens (tertiary/aromatic N) is 4. The zero-order valence-corrected chi connectivity index (χ0v) is 15.4. The van der Waals surface area contributed by atoms with Gasteiger partial charge in [-0.1, -0.05) is 17.4 Å². The predicted molar refractivity (Wildman–Crippen MR) is 99.8 cm³/mol. The maximum Gasteiger partial charge on any atom is 0.350 e. The quantitative estimate of drug-likeness (QED) is 0.536. The van der Waals surface area contributed by atoms with Crippen molar-refractivity contribution < 1.29 is 17.9 Å². The number of aromatic nitrogens is 4. The van der Waals surface area contributed by atoms with Crippen LogP contribution < -0.4 is 16.2 Å². The molecule has 4 aromatic rings. The molecule has 148 valence electrons. The molecule has 2 aromatic heterocycles. The van der Waals surface area contributed by atoms with Crippen LogP contribution in [-0.4, -0.2) is 19.3 Å². The number of benzene rings is 2. The first kappa shape index (κ1) is 18.7. The van der Waals surface area contributed by atoms with Gasteiger partial charge in [0.25, 0.3) is 0 Å². The summed E-state index contributed by atoms with van der Waals surface area (Å²) >= 11 is 1.05. The SMILES string of the molecule is Nc1ncc(Oc2ccc(-n3ncn(Cc4c(F)cccc4F)c3=O)cc2F)s1. The molecule has 0 amide bonds. The molecule has 0 saturated heterocycles. The van der Waals surface area contributed by atoms with E-state index in [-0.39, 0.29) is 28.7 Å². The van der Waals surface area contributed by atoms with Gasteiger partial charge in [0, 0.05) is 11.6 Å². The summed E-state index contributed by atoms with van der Waals surface area (Å²) in [6, 6.07) is 7.22. The fraction of sp³-hybridized carbons (Fsp3) is 0.0556. The van der Waals surface area contributed by atoms with E-state index in [1.807, 2.05) is 0 Å². The summed E-state index contributed by atoms with van der Waals surface area (Å²) < 4.78 is 49.3. The highest BCUT2D eigenvalue weighted by molar-refractivity contribution is 7.17. The predicted octanol–water partition coefficient (Wildman–Crippen LogP) is 3.33. The van der Waals surface area contributed by atoms with Crippen molar-refractivity contribution in [2.45, 2.75) is 6.54 Å². The van der Waals surface area contributed by atoms with Crippen molar-refractivity contribution >= 4 is 16.5 Å². The molecule has 2 heterocycles. The van der Waals surface area contributed by atoms with Crippen LogP contribution in [0.5, 0.6) is 10.8 Å². The molecular formula is C18H12F3N5O2S. The van der Waals surface area contributed by atoms with Gasteiger partial charge in [0.1, 0.15) is 18.0 Å². The summed E-state index contributed by atoms with van der Waals surface area (Å²) in [5.74, 6) is -2.38. The number of rotatable bonds is 5. The first-order valence-electron chi connectivity index (χ1n) is 8.19. The third-order valence-corrected chi connectivity index (χ3v) is 4.70. The van der Waals surface area contributed by atoms with Crippen LogP contribution in [-0.2, 0) is 6.54 Å². The molecule has 0 aliphatic carbocycles. The van der Waals surface area contributed by atoms with Crippen LogP contribution >= 0.6 is 11.3 Å². The van der Waals surface area contributed by atoms with Gasteiger partial charge < -0.3 is 10.5 Å². The third-order valence-electron chi connectivity index (χ3n) is 4.00. The maximum atomic E-state index is 14.4. The average Bonchev–Trinajstić information content (AvgIpc) is 3.26. The van der Waals surface area contributed by atoms with Crippen LogP contribution in [0, 0.1) is 17.5 Å². The standard InChI is InChI=1S/C18H12F3N5O2S/c19-12-2-1-3-13(20)11(12)8-25-9-24-26(18(25)27)10-4-5-15(14(21)6-10)28-16-7-23-17(22)29-16/h1-7,9H,8H2,(H2,22,23). The fourth-order valence-corrected chi connectivity index (χ4v) is 3.15. The zero-order chi connectivity index (χ0) is 20.5. The minimum Gasteiger partial charge on any atom is -0.442 e. The number of halogens is 3. The van der Waals surface area contributed by atoms with Crippen molar-refractivity contribution in [2.24, 2.45) is 0 Å². The molecule has 0 aliphatic rings. The Morgan fingerprint density at radius 1 is 1.10 bits per heavy atom. The van der Waals surface area contributed by atoms with E-state index in [1.165, 1.54) is 24.4 Å². The molecule has 0 bridgehead atoms. The lowest BCUT2D eigenvalue weighted by atomic mass is 10.2. The molecule has 4 rings (SSSR count). The van der Waals surface area contributed by atoms with E-state index in [1.54, 1.807) is 0 Å². The zero-order valence-electron chi connectivity index (χ0n) is 14.6. The van der Waals surface area contributed by atoms with Gasteiger partial charge in [0.05, 0.1) is 18.4 Å². The Morgan fingerprint density at radius 2 is 1.86 bits per heavy atom. The van der Waals surface area contributed by atoms with Gasteiger partial charge in [-0.3, -0.25) is 4.57 Å². The number of hydrogen-bond donors (Lipinski definition) is 1. The van der Waals surface area contributed by atoms with Crippen LogP contribution in [0.4, 0.5) is 18.3 Å². The first-order chi connectivity index (χ1) is 13.9. The van der Waals surface area contributed by atoms with Gasteiger partial charge in [-0.2, -0.15) is 9.78 Å². The van der Waals surface area contributed by atoms with Gasteiger partial charge in [0.15, 0.2) is 16.7 Å². The molecule has 0 aliphatic heterocycles. The lowest BCUT2D eigenvalue weighted by molar-refractivity contribution is 0.451. The minimum atomic E-state index is -0.777. The second-order valence-corrected chi connectivity index (χ2v) is 6.91. The second-order valence-electron chi connectivity index (χ2n) is 5.89. The molecule has 11 heteroatoms. The Labute approximate surface area is 165 Å². The van der Waals surface area contributed by atoms with Crippen LogP contribution in [0.3, 0.4) is 0 Å². The number of nitrogens with two attached hydrogens (primary N) is 1. The van der Waals surface area contributed by atoms with Crippen LogP contribution in [0.15, 0.2) is 53.7 Å². The highest BCUT2D eigenvalue weighted by Crippen LogP contribution is 2.30. The van der Waals surface area contributed by atoms with Gasteiger partial charge in [-0.15, -0.1) is 0 Å². The van der Waals surface area contributed by atoms with Gasteiger partial charge in [-0.05, 0) is 24.3 Å². The molecular weight excluding hydrogens is 407 g/mol. The average molecular weight is 419 g/mol. The molecule has 2 N–H and O–H groups in total. The molecule has 0 unspecified atom stereocenters. The van der Waals surface area contributed by atoms with Gasteiger partial charge >= 0.3 is 5.69 Å². The lowest BCUT2D eigenvalue weighted by Crippen LogP contribution is -2.24. The largest absolute Gasteiger partial charge is 0.442 e. The molecule has 29 heavy (non-hydrogen) atoms. The van der Waals surface area contributed by atoms with E-state index in [9.17, 15) is 18.0 Å². The smallest absolute Gasteiger partial charge is 0.350 e. The summed E-state index contributed by atoms with van der Waals surface area (Å²) in [6.07, 6.45) is 2.48. The molecule has 7 nitrogen and oxygen atoms in total. The third kappa shape index (κ3) is 3.72. The van der Waals surface area contributed by atoms with Gasteiger partial charge in [-0.25, -0.2) is 22.9 Å². The van der Waals surface area contributed by atoms with Crippen molar-refractivity contribution in [3.63, 3.8) is 0 Å². The van der Waals surface area contributed by atoms with E-state index < -0.39 is 23.1 Å². The summed E-state index contributed by atoms with van der Waals surface area (Å²) in [4.78, 5) is 16.3. The topological polar surface area (TPSA) is 88.0 Å². The van der Waals surface area contributed by atoms with Crippen molar-refractivity contribution in [1.29, 1.82) is 0 Å². The summed E-state index contributed by atoms with van der Waals surface area (Å²) in [5, 5.41) is 4.48. The highest BCUT2D eigenvalue weighted by Gasteiger charge is 2.15. The Morgan fingerprint density at radius 3 is 2.52 bits per heavy atom. The Kier molecular flexibility index (Phi) is 4.80. The summed E-state index contributed by atoms with van der Waals surface area (Å²) in [5.41, 5.74) is 4.67. The molecule has 0 saturated carbocycles. The van der Waals surface area contributed by atoms with E-state index in [2.05, 4.69) is 10.1 Å². The van der Waals surface area contributed by atoms with Gasteiger partial charge in [0.2, 0.25) is 5.06 Å². The Balaban J connectivity index is 1.61. The first-order valence-corrected chi connectivity index (χ1v) is 9.00. The number of anilines is 1. The van der Waals surface area contributed by atoms with E-state index in [0.717, 1.165) is 45.1 Å². The Bertz CT molecular complexity index is 1230. The van der Waals surface area contributed by atoms with Crippen molar-refractivity contribution in [3.8, 4) is 16.5 Å². The summed E-state index contributed by atoms with van der Waals surface area (Å²) in [7, 11) is 0. The molecule has 0 fully saturated rings. The highest BCUT2D eigenvalue weighted by atomic mass is 32.1. The van der Waals surface area contributed by atoms with Crippen molar-refractivity contribution in [3.05, 3.63) is 82.4 Å². The number of ether oxygens (including phenoxy) is 1. The van der Waals surface area contributed by atoms with E-state index >= 15 is 0 Å². The van der Waals surface area contributed by atoms with Crippen LogP contribution in [0.25, 0.3) is 5.69 Å². The minimum absolute atomic E-state index is 0.0849. The van der Waals surface area contributed by atoms with Crippen LogP contribution in [0.2, 0.25) is 0 Å². The number of thiazole rings is 1. The van der Waals surface area contributed by atoms with E-state index in [0.29, 0.717) is 5.06 Å². The molecule has 2 aromatic carbocycles. The monoisotopic (exact) mass is 419 g/mol. The van der Waals surface area contributed by atoms with E-state index in [4.69, 9.17) is 10.5 Å². The molecule has 0 atom stereocenters. The van der Waals surface area contributed by atoms with Crippen molar-refractivity contribution in [1.82, 2.24) is 19.3 Å². The maximum absolute atomic E-state index is 14.4. The van der Waals surface area contributed by atoms with Crippen LogP contribution in [0.1, 0.15) is 5.56 Å². The number of hydrogen-bond acceptors (Lipinski definition) is 6. The Hall–Kier alpha value is -3.60. The number of nitrogen functional groups attached to an aromatic ring is 1. The lowest BCUT2D eigenvalue weighted by Gasteiger charge is -2.06. The fourth-order valence-electron chi connectivity index (χ4n) is 2.61. The van der Waals surface area contributed by atoms with Crippen molar-refractivity contribution in [2.75, 3.05) is 5.73 Å². The molecule has 0 spiro atoms. The molecule has 0 radical (unpaired) electrons. The summed E-state index contributed by atoms with van der Waals surface area (Å²) in [6.45, 7) is -0.353. The second kappa shape index (κ2) is 7.43. The normalized spacial score (nSPS) is 11.0.